The Labute approximate surface area is 126 Å². The molecule has 2 unspecified atom stereocenters. The van der Waals surface area contributed by atoms with E-state index in [9.17, 15) is 4.79 Å². The zero-order chi connectivity index (χ0) is 14.7. The van der Waals surface area contributed by atoms with Gasteiger partial charge in [-0.05, 0) is 61.5 Å². The van der Waals surface area contributed by atoms with Crippen molar-refractivity contribution in [3.8, 4) is 5.75 Å². The average Bonchev–Trinajstić information content (AvgIpc) is 2.95. The molecule has 1 saturated heterocycles. The van der Waals surface area contributed by atoms with E-state index in [2.05, 4.69) is 17.6 Å². The lowest BCUT2D eigenvalue weighted by Crippen LogP contribution is -2.34. The van der Waals surface area contributed by atoms with E-state index in [0.29, 0.717) is 18.3 Å². The zero-order valence-electron chi connectivity index (χ0n) is 12.7. The van der Waals surface area contributed by atoms with Crippen LogP contribution < -0.4 is 15.4 Å². The molecule has 4 heteroatoms. The summed E-state index contributed by atoms with van der Waals surface area (Å²) in [5.74, 6) is 2.12. The number of piperidine rings is 1. The van der Waals surface area contributed by atoms with Gasteiger partial charge in [0.2, 0.25) is 5.91 Å². The first-order valence-corrected chi connectivity index (χ1v) is 7.98. The lowest BCUT2D eigenvalue weighted by molar-refractivity contribution is -0.117. The molecule has 2 heterocycles. The van der Waals surface area contributed by atoms with Gasteiger partial charge in [0.25, 0.3) is 0 Å². The molecule has 3 rings (SSSR count). The highest BCUT2D eigenvalue weighted by Crippen LogP contribution is 2.28. The summed E-state index contributed by atoms with van der Waals surface area (Å²) in [7, 11) is 0. The van der Waals surface area contributed by atoms with Gasteiger partial charge in [0.15, 0.2) is 0 Å². The maximum atomic E-state index is 12.2. The summed E-state index contributed by atoms with van der Waals surface area (Å²) in [5.41, 5.74) is 2.08. The van der Waals surface area contributed by atoms with Crippen molar-refractivity contribution in [2.75, 3.05) is 25.0 Å². The highest BCUT2D eigenvalue weighted by molar-refractivity contribution is 5.91. The summed E-state index contributed by atoms with van der Waals surface area (Å²) in [5, 5.41) is 6.45. The summed E-state index contributed by atoms with van der Waals surface area (Å²) in [6.45, 7) is 5.10. The molecule has 0 spiro atoms. The molecule has 1 fully saturated rings. The van der Waals surface area contributed by atoms with Crippen LogP contribution in [0, 0.1) is 11.8 Å². The van der Waals surface area contributed by atoms with Crippen LogP contribution in [0.25, 0.3) is 0 Å². The first-order chi connectivity index (χ1) is 10.2. The van der Waals surface area contributed by atoms with Crippen LogP contribution >= 0.6 is 0 Å². The molecule has 1 aromatic rings. The van der Waals surface area contributed by atoms with Crippen LogP contribution in [0.15, 0.2) is 18.2 Å². The fourth-order valence-electron chi connectivity index (χ4n) is 3.30. The summed E-state index contributed by atoms with van der Waals surface area (Å²) < 4.78 is 5.48. The summed E-state index contributed by atoms with van der Waals surface area (Å²) in [6.07, 6.45) is 3.99. The van der Waals surface area contributed by atoms with Gasteiger partial charge in [-0.15, -0.1) is 0 Å². The minimum atomic E-state index is 0.118. The Kier molecular flexibility index (Phi) is 4.44. The zero-order valence-corrected chi connectivity index (χ0v) is 12.7. The van der Waals surface area contributed by atoms with Crippen molar-refractivity contribution in [1.82, 2.24) is 5.32 Å². The van der Waals surface area contributed by atoms with E-state index in [-0.39, 0.29) is 5.91 Å². The number of hydrogen-bond acceptors (Lipinski definition) is 3. The van der Waals surface area contributed by atoms with Crippen LogP contribution in [0.5, 0.6) is 5.75 Å². The highest BCUT2D eigenvalue weighted by Gasteiger charge is 2.22. The molecule has 2 N–H and O–H groups in total. The number of amides is 1. The van der Waals surface area contributed by atoms with E-state index >= 15 is 0 Å². The van der Waals surface area contributed by atoms with Gasteiger partial charge in [0, 0.05) is 18.5 Å². The molecule has 21 heavy (non-hydrogen) atoms. The van der Waals surface area contributed by atoms with Crippen LogP contribution in [0.3, 0.4) is 0 Å². The largest absolute Gasteiger partial charge is 0.493 e. The second-order valence-electron chi connectivity index (χ2n) is 6.26. The number of carbonyl (C=O) groups is 1. The van der Waals surface area contributed by atoms with Crippen molar-refractivity contribution in [3.63, 3.8) is 0 Å². The van der Waals surface area contributed by atoms with Gasteiger partial charge in [-0.3, -0.25) is 4.79 Å². The minimum Gasteiger partial charge on any atom is -0.493 e. The molecular weight excluding hydrogens is 264 g/mol. The smallest absolute Gasteiger partial charge is 0.224 e. The fourth-order valence-corrected chi connectivity index (χ4v) is 3.30. The van der Waals surface area contributed by atoms with E-state index in [1.54, 1.807) is 0 Å². The maximum Gasteiger partial charge on any atom is 0.224 e. The summed E-state index contributed by atoms with van der Waals surface area (Å²) >= 11 is 0. The molecule has 0 radical (unpaired) electrons. The number of fused-ring (bicyclic) bond motifs is 1. The average molecular weight is 288 g/mol. The molecule has 2 aliphatic heterocycles. The summed E-state index contributed by atoms with van der Waals surface area (Å²) in [6, 6.07) is 5.91. The third-order valence-electron chi connectivity index (χ3n) is 4.62. The first-order valence-electron chi connectivity index (χ1n) is 7.98. The van der Waals surface area contributed by atoms with Gasteiger partial charge >= 0.3 is 0 Å². The molecule has 2 atom stereocenters. The minimum absolute atomic E-state index is 0.118. The molecule has 4 nitrogen and oxygen atoms in total. The van der Waals surface area contributed by atoms with Crippen LogP contribution in [0.4, 0.5) is 5.69 Å². The number of benzene rings is 1. The van der Waals surface area contributed by atoms with Crippen molar-refractivity contribution >= 4 is 11.6 Å². The number of hydrogen-bond donors (Lipinski definition) is 2. The molecule has 2 aliphatic rings. The Balaban J connectivity index is 1.53. The van der Waals surface area contributed by atoms with E-state index in [0.717, 1.165) is 37.6 Å². The SMILES string of the molecule is CC(CC(=O)Nc1ccc2c(c1)CCO2)C1CCCNC1. The second-order valence-corrected chi connectivity index (χ2v) is 6.26. The normalized spacial score (nSPS) is 22.2. The van der Waals surface area contributed by atoms with E-state index < -0.39 is 0 Å². The quantitative estimate of drug-likeness (QED) is 0.895. The predicted molar refractivity (Wildman–Crippen MR) is 83.6 cm³/mol. The van der Waals surface area contributed by atoms with Gasteiger partial charge < -0.3 is 15.4 Å². The number of carbonyl (C=O) groups excluding carboxylic acids is 1. The van der Waals surface area contributed by atoms with Gasteiger partial charge in [-0.1, -0.05) is 6.92 Å². The molecule has 0 aliphatic carbocycles. The second kappa shape index (κ2) is 6.48. The highest BCUT2D eigenvalue weighted by atomic mass is 16.5. The Morgan fingerprint density at radius 3 is 3.24 bits per heavy atom. The molecule has 1 aromatic carbocycles. The van der Waals surface area contributed by atoms with E-state index in [1.165, 1.54) is 18.4 Å². The topological polar surface area (TPSA) is 50.4 Å². The van der Waals surface area contributed by atoms with Crippen molar-refractivity contribution in [3.05, 3.63) is 23.8 Å². The number of rotatable bonds is 4. The lowest BCUT2D eigenvalue weighted by Gasteiger charge is -2.28. The van der Waals surface area contributed by atoms with Crippen LogP contribution in [-0.2, 0) is 11.2 Å². The van der Waals surface area contributed by atoms with Crippen LogP contribution in [0.1, 0.15) is 31.7 Å². The van der Waals surface area contributed by atoms with Crippen molar-refractivity contribution in [2.24, 2.45) is 11.8 Å². The summed E-state index contributed by atoms with van der Waals surface area (Å²) in [4.78, 5) is 12.2. The molecule has 0 aromatic heterocycles. The van der Waals surface area contributed by atoms with Gasteiger partial charge in [0.1, 0.15) is 5.75 Å². The standard InChI is InChI=1S/C17H24N2O2/c1-12(14-3-2-7-18-11-14)9-17(20)19-15-4-5-16-13(10-15)6-8-21-16/h4-5,10,12,14,18H,2-3,6-9,11H2,1H3,(H,19,20). The third-order valence-corrected chi connectivity index (χ3v) is 4.62. The predicted octanol–water partition coefficient (Wildman–Crippen LogP) is 2.59. The van der Waals surface area contributed by atoms with Gasteiger partial charge in [0.05, 0.1) is 6.61 Å². The molecule has 114 valence electrons. The number of anilines is 1. The van der Waals surface area contributed by atoms with Crippen LogP contribution in [0.2, 0.25) is 0 Å². The third kappa shape index (κ3) is 3.56. The Morgan fingerprint density at radius 2 is 2.43 bits per heavy atom. The van der Waals surface area contributed by atoms with Crippen molar-refractivity contribution < 1.29 is 9.53 Å². The lowest BCUT2D eigenvalue weighted by atomic mass is 9.85. The molecule has 1 amide bonds. The van der Waals surface area contributed by atoms with Crippen molar-refractivity contribution in [2.45, 2.75) is 32.6 Å². The molecular formula is C17H24N2O2. The Hall–Kier alpha value is -1.55. The van der Waals surface area contributed by atoms with Crippen LogP contribution in [-0.4, -0.2) is 25.6 Å². The first kappa shape index (κ1) is 14.4. The fraction of sp³-hybridized carbons (Fsp3) is 0.588. The maximum absolute atomic E-state index is 12.2. The molecule has 0 saturated carbocycles. The number of ether oxygens (including phenoxy) is 1. The Morgan fingerprint density at radius 1 is 1.52 bits per heavy atom. The van der Waals surface area contributed by atoms with E-state index in [4.69, 9.17) is 4.74 Å². The van der Waals surface area contributed by atoms with Gasteiger partial charge in [-0.25, -0.2) is 0 Å². The van der Waals surface area contributed by atoms with Gasteiger partial charge in [-0.2, -0.15) is 0 Å². The monoisotopic (exact) mass is 288 g/mol. The molecule has 0 bridgehead atoms. The number of nitrogens with one attached hydrogen (secondary N) is 2. The Bertz CT molecular complexity index is 510. The van der Waals surface area contributed by atoms with E-state index in [1.807, 2.05) is 18.2 Å². The van der Waals surface area contributed by atoms with Crippen molar-refractivity contribution in [1.29, 1.82) is 0 Å².